The molecule has 86 valence electrons. The molecule has 0 aliphatic carbocycles. The molecule has 0 bridgehead atoms. The summed E-state index contributed by atoms with van der Waals surface area (Å²) in [5, 5.41) is 0. The van der Waals surface area contributed by atoms with E-state index in [1.165, 1.54) is 23.1 Å². The van der Waals surface area contributed by atoms with Crippen LogP contribution in [0.2, 0.25) is 0 Å². The van der Waals surface area contributed by atoms with Gasteiger partial charge in [-0.15, -0.1) is 0 Å². The van der Waals surface area contributed by atoms with Gasteiger partial charge in [-0.05, 0) is 39.5 Å². The van der Waals surface area contributed by atoms with E-state index in [0.29, 0.717) is 5.92 Å². The maximum Gasteiger partial charge on any atom is -0.0234 e. The molecule has 0 saturated carbocycles. The van der Waals surface area contributed by atoms with Gasteiger partial charge in [-0.1, -0.05) is 55.7 Å². The molecule has 0 fully saturated rings. The lowest BCUT2D eigenvalue weighted by Gasteiger charge is -2.07. The summed E-state index contributed by atoms with van der Waals surface area (Å²) in [6.07, 6.45) is 8.99. The highest BCUT2D eigenvalue weighted by Crippen LogP contribution is 2.14. The normalized spacial score (nSPS) is 16.8. The minimum Gasteiger partial charge on any atom is -0.0707 e. The second kappa shape index (κ2) is 7.50. The zero-order valence-corrected chi connectivity index (χ0v) is 11.2. The first-order valence-corrected chi connectivity index (χ1v) is 6.04. The van der Waals surface area contributed by atoms with Crippen molar-refractivity contribution in [1.29, 1.82) is 0 Å². The fourth-order valence-electron chi connectivity index (χ4n) is 1.25. The van der Waals surface area contributed by atoms with Gasteiger partial charge < -0.3 is 0 Å². The van der Waals surface area contributed by atoms with E-state index in [4.69, 9.17) is 0 Å². The molecule has 0 saturated heterocycles. The van der Waals surface area contributed by atoms with E-state index < -0.39 is 0 Å². The summed E-state index contributed by atoms with van der Waals surface area (Å²) in [5.74, 6) is 0.700. The molecule has 15 heavy (non-hydrogen) atoms. The highest BCUT2D eigenvalue weighted by molar-refractivity contribution is 5.26. The molecule has 0 heterocycles. The Morgan fingerprint density at radius 2 is 1.73 bits per heavy atom. The lowest BCUT2D eigenvalue weighted by molar-refractivity contribution is 0.655. The molecule has 0 aromatic heterocycles. The van der Waals surface area contributed by atoms with E-state index in [-0.39, 0.29) is 0 Å². The SMILES string of the molecule is CCC(C)=C(C)/C=C\C=C(\C)C(C)CC. The highest BCUT2D eigenvalue weighted by atomic mass is 14.0. The largest absolute Gasteiger partial charge is 0.0707 e. The first-order chi connectivity index (χ1) is 7.02. The molecule has 0 aromatic rings. The maximum atomic E-state index is 2.28. The van der Waals surface area contributed by atoms with Gasteiger partial charge in [0.25, 0.3) is 0 Å². The summed E-state index contributed by atoms with van der Waals surface area (Å²) in [5.41, 5.74) is 4.34. The fourth-order valence-corrected chi connectivity index (χ4v) is 1.25. The van der Waals surface area contributed by atoms with E-state index >= 15 is 0 Å². The summed E-state index contributed by atoms with van der Waals surface area (Å²) in [6.45, 7) is 13.3. The number of hydrogen-bond donors (Lipinski definition) is 0. The fraction of sp³-hybridized carbons (Fsp3) is 0.600. The molecule has 0 rings (SSSR count). The van der Waals surface area contributed by atoms with E-state index in [1.807, 2.05) is 0 Å². The number of allylic oxidation sites excluding steroid dienone is 6. The third-order valence-corrected chi connectivity index (χ3v) is 3.30. The second-order valence-corrected chi connectivity index (χ2v) is 4.40. The van der Waals surface area contributed by atoms with Gasteiger partial charge in [0, 0.05) is 0 Å². The monoisotopic (exact) mass is 206 g/mol. The predicted molar refractivity (Wildman–Crippen MR) is 71.0 cm³/mol. The summed E-state index contributed by atoms with van der Waals surface area (Å²) in [6, 6.07) is 0. The quantitative estimate of drug-likeness (QED) is 0.537. The Bertz CT molecular complexity index is 264. The van der Waals surface area contributed by atoms with Crippen molar-refractivity contribution in [3.63, 3.8) is 0 Å². The van der Waals surface area contributed by atoms with Crippen LogP contribution in [0.3, 0.4) is 0 Å². The topological polar surface area (TPSA) is 0 Å². The average Bonchev–Trinajstić information content (AvgIpc) is 2.26. The van der Waals surface area contributed by atoms with Crippen LogP contribution in [-0.4, -0.2) is 0 Å². The number of rotatable bonds is 5. The Kier molecular flexibility index (Phi) is 7.11. The van der Waals surface area contributed by atoms with Crippen LogP contribution in [0.15, 0.2) is 34.9 Å². The molecule has 0 aromatic carbocycles. The Morgan fingerprint density at radius 1 is 1.13 bits per heavy atom. The van der Waals surface area contributed by atoms with E-state index in [9.17, 15) is 0 Å². The molecular weight excluding hydrogens is 180 g/mol. The van der Waals surface area contributed by atoms with Crippen LogP contribution in [-0.2, 0) is 0 Å². The van der Waals surface area contributed by atoms with Gasteiger partial charge in [-0.2, -0.15) is 0 Å². The average molecular weight is 206 g/mol. The summed E-state index contributed by atoms with van der Waals surface area (Å²) < 4.78 is 0. The molecule has 0 aliphatic rings. The van der Waals surface area contributed by atoms with Crippen molar-refractivity contribution in [3.8, 4) is 0 Å². The van der Waals surface area contributed by atoms with Crippen LogP contribution < -0.4 is 0 Å². The van der Waals surface area contributed by atoms with Crippen LogP contribution in [0.25, 0.3) is 0 Å². The molecule has 0 radical (unpaired) electrons. The van der Waals surface area contributed by atoms with Gasteiger partial charge in [-0.25, -0.2) is 0 Å². The van der Waals surface area contributed by atoms with Crippen molar-refractivity contribution >= 4 is 0 Å². The first-order valence-electron chi connectivity index (χ1n) is 6.04. The molecule has 1 atom stereocenters. The standard InChI is InChI=1S/C15H26/c1-7-12(3)14(5)10-9-11-15(6)13(4)8-2/h9-12H,7-8H2,1-6H3/b11-9-,14-10-,15-13?. The molecule has 0 spiro atoms. The van der Waals surface area contributed by atoms with Crippen molar-refractivity contribution < 1.29 is 0 Å². The zero-order chi connectivity index (χ0) is 11.8. The lowest BCUT2D eigenvalue weighted by atomic mass is 9.99. The van der Waals surface area contributed by atoms with Crippen LogP contribution in [0.1, 0.15) is 54.4 Å². The lowest BCUT2D eigenvalue weighted by Crippen LogP contribution is -1.92. The van der Waals surface area contributed by atoms with Crippen LogP contribution in [0.4, 0.5) is 0 Å². The zero-order valence-electron chi connectivity index (χ0n) is 11.2. The Morgan fingerprint density at radius 3 is 2.20 bits per heavy atom. The van der Waals surface area contributed by atoms with Gasteiger partial charge in [0.1, 0.15) is 0 Å². The maximum absolute atomic E-state index is 2.28. The van der Waals surface area contributed by atoms with Crippen LogP contribution in [0, 0.1) is 5.92 Å². The van der Waals surface area contributed by atoms with Crippen LogP contribution >= 0.6 is 0 Å². The molecule has 0 N–H and O–H groups in total. The molecule has 0 amide bonds. The Labute approximate surface area is 95.8 Å². The van der Waals surface area contributed by atoms with Gasteiger partial charge in [0.2, 0.25) is 0 Å². The molecule has 0 nitrogen and oxygen atoms in total. The second-order valence-electron chi connectivity index (χ2n) is 4.40. The van der Waals surface area contributed by atoms with Crippen molar-refractivity contribution in [3.05, 3.63) is 34.9 Å². The van der Waals surface area contributed by atoms with Crippen molar-refractivity contribution in [1.82, 2.24) is 0 Å². The summed E-state index contributed by atoms with van der Waals surface area (Å²) in [7, 11) is 0. The van der Waals surface area contributed by atoms with Gasteiger partial charge in [0.15, 0.2) is 0 Å². The summed E-state index contributed by atoms with van der Waals surface area (Å²) >= 11 is 0. The van der Waals surface area contributed by atoms with Crippen molar-refractivity contribution in [2.75, 3.05) is 0 Å². The van der Waals surface area contributed by atoms with Crippen molar-refractivity contribution in [2.45, 2.75) is 54.4 Å². The predicted octanol–water partition coefficient (Wildman–Crippen LogP) is 5.28. The highest BCUT2D eigenvalue weighted by Gasteiger charge is 1.98. The minimum absolute atomic E-state index is 0.700. The third kappa shape index (κ3) is 5.61. The Hall–Kier alpha value is -0.780. The molecule has 1 unspecified atom stereocenters. The first kappa shape index (κ1) is 14.2. The molecule has 0 heteroatoms. The van der Waals surface area contributed by atoms with E-state index in [2.05, 4.69) is 59.8 Å². The number of hydrogen-bond acceptors (Lipinski definition) is 0. The van der Waals surface area contributed by atoms with E-state index in [1.54, 1.807) is 0 Å². The van der Waals surface area contributed by atoms with Gasteiger partial charge >= 0.3 is 0 Å². The van der Waals surface area contributed by atoms with Gasteiger partial charge in [-0.3, -0.25) is 0 Å². The molecule has 0 aliphatic heterocycles. The van der Waals surface area contributed by atoms with Crippen LogP contribution in [0.5, 0.6) is 0 Å². The third-order valence-electron chi connectivity index (χ3n) is 3.30. The smallest absolute Gasteiger partial charge is 0.0234 e. The minimum atomic E-state index is 0.700. The summed E-state index contributed by atoms with van der Waals surface area (Å²) in [4.78, 5) is 0. The Balaban J connectivity index is 4.44. The van der Waals surface area contributed by atoms with Crippen molar-refractivity contribution in [2.24, 2.45) is 5.92 Å². The van der Waals surface area contributed by atoms with Gasteiger partial charge in [0.05, 0.1) is 0 Å². The van der Waals surface area contributed by atoms with E-state index in [0.717, 1.165) is 6.42 Å². The molecular formula is C15H26.